The Labute approximate surface area is 136 Å². The minimum absolute atomic E-state index is 0.0465. The van der Waals surface area contributed by atoms with E-state index >= 15 is 0 Å². The Morgan fingerprint density at radius 3 is 2.52 bits per heavy atom. The van der Waals surface area contributed by atoms with Crippen molar-refractivity contribution in [3.8, 4) is 17.6 Å². The SMILES string of the molecule is COc1ccccc1C(CO)NCCOc1ccccc1C#N. The first kappa shape index (κ1) is 16.8. The lowest BCUT2D eigenvalue weighted by Gasteiger charge is -2.19. The maximum atomic E-state index is 9.60. The predicted molar refractivity (Wildman–Crippen MR) is 87.5 cm³/mol. The summed E-state index contributed by atoms with van der Waals surface area (Å²) in [5.41, 5.74) is 1.41. The zero-order valence-corrected chi connectivity index (χ0v) is 13.0. The molecule has 0 saturated carbocycles. The van der Waals surface area contributed by atoms with Crippen LogP contribution in [0.3, 0.4) is 0 Å². The van der Waals surface area contributed by atoms with Crippen LogP contribution in [0.5, 0.6) is 11.5 Å². The fourth-order valence-electron chi connectivity index (χ4n) is 2.31. The summed E-state index contributed by atoms with van der Waals surface area (Å²) in [7, 11) is 1.61. The normalized spacial score (nSPS) is 11.5. The first-order valence-electron chi connectivity index (χ1n) is 7.39. The van der Waals surface area contributed by atoms with E-state index in [9.17, 15) is 5.11 Å². The first-order valence-corrected chi connectivity index (χ1v) is 7.39. The smallest absolute Gasteiger partial charge is 0.137 e. The lowest BCUT2D eigenvalue weighted by atomic mass is 10.1. The van der Waals surface area contributed by atoms with Crippen molar-refractivity contribution in [1.29, 1.82) is 5.26 Å². The average molecular weight is 312 g/mol. The van der Waals surface area contributed by atoms with Gasteiger partial charge in [0.25, 0.3) is 0 Å². The van der Waals surface area contributed by atoms with Crippen LogP contribution in [0.25, 0.3) is 0 Å². The Kier molecular flexibility index (Phi) is 6.42. The summed E-state index contributed by atoms with van der Waals surface area (Å²) in [5, 5.41) is 21.8. The van der Waals surface area contributed by atoms with Gasteiger partial charge in [0.15, 0.2) is 0 Å². The minimum atomic E-state index is -0.235. The predicted octanol–water partition coefficient (Wildman–Crippen LogP) is 2.27. The lowest BCUT2D eigenvalue weighted by molar-refractivity contribution is 0.229. The molecule has 5 nitrogen and oxygen atoms in total. The van der Waals surface area contributed by atoms with E-state index in [1.807, 2.05) is 30.3 Å². The molecule has 0 bridgehead atoms. The Bertz CT molecular complexity index is 667. The van der Waals surface area contributed by atoms with Crippen molar-refractivity contribution in [2.75, 3.05) is 26.9 Å². The van der Waals surface area contributed by atoms with Crippen LogP contribution in [0.1, 0.15) is 17.2 Å². The fourth-order valence-corrected chi connectivity index (χ4v) is 2.31. The number of nitrogens with zero attached hydrogens (tertiary/aromatic N) is 1. The number of nitrogens with one attached hydrogen (secondary N) is 1. The van der Waals surface area contributed by atoms with E-state index in [-0.39, 0.29) is 12.6 Å². The number of ether oxygens (including phenoxy) is 2. The van der Waals surface area contributed by atoms with Gasteiger partial charge >= 0.3 is 0 Å². The molecule has 0 spiro atoms. The Morgan fingerprint density at radius 1 is 1.13 bits per heavy atom. The van der Waals surface area contributed by atoms with E-state index < -0.39 is 0 Å². The van der Waals surface area contributed by atoms with Crippen molar-refractivity contribution in [1.82, 2.24) is 5.32 Å². The second kappa shape index (κ2) is 8.79. The average Bonchev–Trinajstić information content (AvgIpc) is 2.62. The summed E-state index contributed by atoms with van der Waals surface area (Å²) >= 11 is 0. The number of hydrogen-bond acceptors (Lipinski definition) is 5. The minimum Gasteiger partial charge on any atom is -0.496 e. The van der Waals surface area contributed by atoms with Gasteiger partial charge in [0.2, 0.25) is 0 Å². The van der Waals surface area contributed by atoms with Gasteiger partial charge in [0.05, 0.1) is 25.3 Å². The van der Waals surface area contributed by atoms with Crippen LogP contribution in [0.15, 0.2) is 48.5 Å². The van der Waals surface area contributed by atoms with Crippen LogP contribution in [0, 0.1) is 11.3 Å². The molecular weight excluding hydrogens is 292 g/mol. The Hall–Kier alpha value is -2.55. The van der Waals surface area contributed by atoms with E-state index in [4.69, 9.17) is 14.7 Å². The summed E-state index contributed by atoms with van der Waals surface area (Å²) < 4.78 is 10.9. The molecule has 0 aromatic heterocycles. The number of methoxy groups -OCH3 is 1. The molecule has 0 saturated heterocycles. The number of aliphatic hydroxyl groups excluding tert-OH is 1. The van der Waals surface area contributed by atoms with Crippen LogP contribution in [-0.2, 0) is 0 Å². The topological polar surface area (TPSA) is 74.5 Å². The Morgan fingerprint density at radius 2 is 1.83 bits per heavy atom. The number of aliphatic hydroxyl groups is 1. The molecule has 120 valence electrons. The third-order valence-corrected chi connectivity index (χ3v) is 3.45. The van der Waals surface area contributed by atoms with Gasteiger partial charge in [-0.2, -0.15) is 5.26 Å². The van der Waals surface area contributed by atoms with Gasteiger partial charge < -0.3 is 19.9 Å². The zero-order chi connectivity index (χ0) is 16.5. The molecule has 1 atom stereocenters. The maximum absolute atomic E-state index is 9.60. The van der Waals surface area contributed by atoms with Gasteiger partial charge in [-0.15, -0.1) is 0 Å². The molecule has 0 fully saturated rings. The maximum Gasteiger partial charge on any atom is 0.137 e. The van der Waals surface area contributed by atoms with Crippen molar-refractivity contribution in [2.24, 2.45) is 0 Å². The molecule has 0 amide bonds. The highest BCUT2D eigenvalue weighted by Crippen LogP contribution is 2.24. The van der Waals surface area contributed by atoms with E-state index in [0.717, 1.165) is 11.3 Å². The monoisotopic (exact) mass is 312 g/mol. The fraction of sp³-hybridized carbons (Fsp3) is 0.278. The molecule has 2 rings (SSSR count). The molecule has 0 aliphatic carbocycles. The van der Waals surface area contributed by atoms with Gasteiger partial charge in [-0.1, -0.05) is 30.3 Å². The van der Waals surface area contributed by atoms with Crippen LogP contribution in [0.4, 0.5) is 0 Å². The highest BCUT2D eigenvalue weighted by Gasteiger charge is 2.14. The Balaban J connectivity index is 1.90. The third-order valence-electron chi connectivity index (χ3n) is 3.45. The van der Waals surface area contributed by atoms with Crippen molar-refractivity contribution >= 4 is 0 Å². The number of rotatable bonds is 8. The summed E-state index contributed by atoms with van der Waals surface area (Å²) in [6.45, 7) is 0.878. The molecule has 0 aliphatic rings. The summed E-state index contributed by atoms with van der Waals surface area (Å²) in [5.74, 6) is 1.30. The van der Waals surface area contributed by atoms with Crippen LogP contribution < -0.4 is 14.8 Å². The van der Waals surface area contributed by atoms with Crippen molar-refractivity contribution in [3.05, 3.63) is 59.7 Å². The molecule has 0 radical (unpaired) electrons. The van der Waals surface area contributed by atoms with E-state index in [0.29, 0.717) is 24.5 Å². The van der Waals surface area contributed by atoms with Gasteiger partial charge in [-0.05, 0) is 18.2 Å². The highest BCUT2D eigenvalue weighted by atomic mass is 16.5. The third kappa shape index (κ3) is 4.46. The van der Waals surface area contributed by atoms with Crippen molar-refractivity contribution in [3.63, 3.8) is 0 Å². The van der Waals surface area contributed by atoms with Crippen LogP contribution in [-0.4, -0.2) is 32.0 Å². The zero-order valence-electron chi connectivity index (χ0n) is 13.0. The van der Waals surface area contributed by atoms with Crippen molar-refractivity contribution in [2.45, 2.75) is 6.04 Å². The number of nitriles is 1. The quantitative estimate of drug-likeness (QED) is 0.731. The standard InChI is InChI=1S/C18H20N2O3/c1-22-18-9-5-3-7-15(18)16(13-21)20-10-11-23-17-8-4-2-6-14(17)12-19/h2-9,16,20-21H,10-11,13H2,1H3. The van der Waals surface area contributed by atoms with Crippen LogP contribution >= 0.6 is 0 Å². The van der Waals surface area contributed by atoms with E-state index in [1.165, 1.54) is 0 Å². The molecule has 5 heteroatoms. The second-order valence-electron chi connectivity index (χ2n) is 4.89. The molecule has 2 N–H and O–H groups in total. The van der Waals surface area contributed by atoms with E-state index in [2.05, 4.69) is 11.4 Å². The molecule has 0 aliphatic heterocycles. The summed E-state index contributed by atoms with van der Waals surface area (Å²) in [4.78, 5) is 0. The number of hydrogen-bond donors (Lipinski definition) is 2. The number of benzene rings is 2. The molecule has 23 heavy (non-hydrogen) atoms. The molecule has 2 aromatic carbocycles. The second-order valence-corrected chi connectivity index (χ2v) is 4.89. The summed E-state index contributed by atoms with van der Waals surface area (Å²) in [6.07, 6.45) is 0. The molecule has 2 aromatic rings. The lowest BCUT2D eigenvalue weighted by Crippen LogP contribution is -2.29. The largest absolute Gasteiger partial charge is 0.496 e. The van der Waals surface area contributed by atoms with Gasteiger partial charge in [0, 0.05) is 12.1 Å². The van der Waals surface area contributed by atoms with Gasteiger partial charge in [-0.3, -0.25) is 0 Å². The highest BCUT2D eigenvalue weighted by molar-refractivity contribution is 5.42. The van der Waals surface area contributed by atoms with Gasteiger partial charge in [-0.25, -0.2) is 0 Å². The summed E-state index contributed by atoms with van der Waals surface area (Å²) in [6, 6.07) is 16.5. The van der Waals surface area contributed by atoms with Crippen LogP contribution in [0.2, 0.25) is 0 Å². The van der Waals surface area contributed by atoms with Crippen molar-refractivity contribution < 1.29 is 14.6 Å². The van der Waals surface area contributed by atoms with E-state index in [1.54, 1.807) is 25.3 Å². The molecule has 1 unspecified atom stereocenters. The molecule has 0 heterocycles. The molecular formula is C18H20N2O3. The van der Waals surface area contributed by atoms with Gasteiger partial charge in [0.1, 0.15) is 24.2 Å². The number of para-hydroxylation sites is 2. The first-order chi connectivity index (χ1) is 11.3.